The molecule has 0 aliphatic heterocycles. The second-order valence-electron chi connectivity index (χ2n) is 5.86. The minimum absolute atomic E-state index is 0.236. The Kier molecular flexibility index (Phi) is 4.93. The topological polar surface area (TPSA) is 58.6 Å². The first kappa shape index (κ1) is 15.6. The quantitative estimate of drug-likeness (QED) is 0.835. The molecule has 2 aromatic rings. The number of aryl methyl sites for hydroxylation is 1. The Balaban J connectivity index is 1.62. The van der Waals surface area contributed by atoms with Crippen LogP contribution in [0.5, 0.6) is 0 Å². The molecule has 1 atom stereocenters. The number of anilines is 1. The van der Waals surface area contributed by atoms with E-state index in [1.165, 1.54) is 5.56 Å². The Bertz CT molecular complexity index is 670. The third-order valence-electron chi connectivity index (χ3n) is 4.14. The molecule has 0 radical (unpaired) electrons. The van der Waals surface area contributed by atoms with Gasteiger partial charge in [-0.25, -0.2) is 4.79 Å². The molecule has 0 saturated carbocycles. The van der Waals surface area contributed by atoms with Crippen molar-refractivity contribution in [2.45, 2.75) is 38.4 Å². The monoisotopic (exact) mass is 311 g/mol. The fraction of sp³-hybridized carbons (Fsp3) is 0.316. The number of aliphatic hydroxyl groups is 1. The van der Waals surface area contributed by atoms with Crippen molar-refractivity contribution < 1.29 is 14.6 Å². The van der Waals surface area contributed by atoms with Gasteiger partial charge in [0.25, 0.3) is 0 Å². The van der Waals surface area contributed by atoms with Crippen LogP contribution in [0.4, 0.5) is 10.5 Å². The molecule has 0 fully saturated rings. The van der Waals surface area contributed by atoms with Crippen LogP contribution in [0.1, 0.15) is 42.1 Å². The highest BCUT2D eigenvalue weighted by atomic mass is 16.5. The van der Waals surface area contributed by atoms with Gasteiger partial charge < -0.3 is 9.84 Å². The molecule has 0 aromatic heterocycles. The molecular formula is C19H21NO3. The van der Waals surface area contributed by atoms with Crippen LogP contribution in [0, 0.1) is 0 Å². The fourth-order valence-electron chi connectivity index (χ4n) is 2.90. The summed E-state index contributed by atoms with van der Waals surface area (Å²) >= 11 is 0. The molecule has 1 aliphatic carbocycles. The second-order valence-corrected chi connectivity index (χ2v) is 5.86. The molecule has 120 valence electrons. The van der Waals surface area contributed by atoms with E-state index in [-0.39, 0.29) is 6.61 Å². The predicted octanol–water partition coefficient (Wildman–Crippen LogP) is 4.20. The number of carbonyl (C=O) groups excluding carboxylic acids is 1. The van der Waals surface area contributed by atoms with E-state index in [0.717, 1.165) is 36.8 Å². The van der Waals surface area contributed by atoms with Crippen LogP contribution in [-0.2, 0) is 17.8 Å². The van der Waals surface area contributed by atoms with Gasteiger partial charge in [0.2, 0.25) is 0 Å². The molecule has 0 bridgehead atoms. The normalized spacial score (nSPS) is 17.0. The summed E-state index contributed by atoms with van der Waals surface area (Å²) in [4.78, 5) is 11.9. The Hall–Kier alpha value is -2.33. The molecule has 1 amide bonds. The van der Waals surface area contributed by atoms with Gasteiger partial charge in [0.1, 0.15) is 6.61 Å². The van der Waals surface area contributed by atoms with Crippen molar-refractivity contribution in [1.29, 1.82) is 0 Å². The minimum atomic E-state index is -0.489. The third-order valence-corrected chi connectivity index (χ3v) is 4.14. The molecule has 0 spiro atoms. The van der Waals surface area contributed by atoms with Gasteiger partial charge in [-0.05, 0) is 48.1 Å². The van der Waals surface area contributed by atoms with E-state index in [4.69, 9.17) is 4.74 Å². The maximum absolute atomic E-state index is 11.9. The average Bonchev–Trinajstić information content (AvgIpc) is 2.76. The average molecular weight is 311 g/mol. The van der Waals surface area contributed by atoms with E-state index >= 15 is 0 Å². The van der Waals surface area contributed by atoms with E-state index < -0.39 is 12.2 Å². The Morgan fingerprint density at radius 3 is 2.83 bits per heavy atom. The van der Waals surface area contributed by atoms with Gasteiger partial charge >= 0.3 is 6.09 Å². The van der Waals surface area contributed by atoms with Crippen molar-refractivity contribution >= 4 is 11.8 Å². The van der Waals surface area contributed by atoms with Crippen molar-refractivity contribution in [2.75, 3.05) is 5.32 Å². The zero-order chi connectivity index (χ0) is 16.1. The lowest BCUT2D eigenvalue weighted by atomic mass is 10.0. The van der Waals surface area contributed by atoms with E-state index in [0.29, 0.717) is 5.69 Å². The zero-order valence-electron chi connectivity index (χ0n) is 13.0. The zero-order valence-corrected chi connectivity index (χ0v) is 13.0. The van der Waals surface area contributed by atoms with E-state index in [2.05, 4.69) is 5.32 Å². The first-order valence-corrected chi connectivity index (χ1v) is 8.01. The van der Waals surface area contributed by atoms with Crippen molar-refractivity contribution in [3.05, 3.63) is 65.2 Å². The summed E-state index contributed by atoms with van der Waals surface area (Å²) in [6, 6.07) is 15.3. The first-order chi connectivity index (χ1) is 11.2. The third kappa shape index (κ3) is 4.11. The molecule has 4 nitrogen and oxygen atoms in total. The van der Waals surface area contributed by atoms with Gasteiger partial charge in [-0.2, -0.15) is 0 Å². The molecule has 0 heterocycles. The number of hydrogen-bond acceptors (Lipinski definition) is 3. The van der Waals surface area contributed by atoms with Gasteiger partial charge in [-0.1, -0.05) is 42.8 Å². The van der Waals surface area contributed by atoms with Gasteiger partial charge in [0.15, 0.2) is 0 Å². The van der Waals surface area contributed by atoms with Gasteiger partial charge in [-0.3, -0.25) is 5.32 Å². The molecule has 2 N–H and O–H groups in total. The van der Waals surface area contributed by atoms with Crippen molar-refractivity contribution in [3.63, 3.8) is 0 Å². The number of ether oxygens (including phenoxy) is 1. The molecule has 0 saturated heterocycles. The van der Waals surface area contributed by atoms with Crippen LogP contribution >= 0.6 is 0 Å². The summed E-state index contributed by atoms with van der Waals surface area (Å²) in [6.07, 6.45) is 2.93. The number of carbonyl (C=O) groups is 1. The summed E-state index contributed by atoms with van der Waals surface area (Å²) in [5, 5.41) is 12.9. The summed E-state index contributed by atoms with van der Waals surface area (Å²) < 4.78 is 5.22. The first-order valence-electron chi connectivity index (χ1n) is 8.01. The van der Waals surface area contributed by atoms with Crippen LogP contribution in [-0.4, -0.2) is 11.2 Å². The number of hydrogen-bond donors (Lipinski definition) is 2. The van der Waals surface area contributed by atoms with Gasteiger partial charge in [0.05, 0.1) is 6.10 Å². The lowest BCUT2D eigenvalue weighted by molar-refractivity contribution is 0.155. The standard InChI is InChI=1S/C19H21NO3/c21-18-9-5-4-8-15-10-11-16(12-17(15)18)20-19(22)23-13-14-6-2-1-3-7-14/h1-3,6-7,10-12,18,21H,4-5,8-9,13H2,(H,20,22). The molecule has 23 heavy (non-hydrogen) atoms. The van der Waals surface area contributed by atoms with Crippen LogP contribution in [0.15, 0.2) is 48.5 Å². The van der Waals surface area contributed by atoms with Crippen LogP contribution in [0.2, 0.25) is 0 Å². The van der Waals surface area contributed by atoms with Crippen LogP contribution < -0.4 is 5.32 Å². The van der Waals surface area contributed by atoms with Gasteiger partial charge in [-0.15, -0.1) is 0 Å². The highest BCUT2D eigenvalue weighted by Crippen LogP contribution is 2.30. The Labute approximate surface area is 136 Å². The lowest BCUT2D eigenvalue weighted by Gasteiger charge is -2.14. The minimum Gasteiger partial charge on any atom is -0.444 e. The van der Waals surface area contributed by atoms with Crippen molar-refractivity contribution in [3.8, 4) is 0 Å². The highest BCUT2D eigenvalue weighted by Gasteiger charge is 2.17. The number of aliphatic hydroxyl groups excluding tert-OH is 1. The van der Waals surface area contributed by atoms with Crippen LogP contribution in [0.3, 0.4) is 0 Å². The number of benzene rings is 2. The summed E-state index contributed by atoms with van der Waals surface area (Å²) in [5.41, 5.74) is 3.68. The SMILES string of the molecule is O=C(Nc1ccc2c(c1)C(O)CCCC2)OCc1ccccc1. The molecule has 2 aromatic carbocycles. The molecule has 1 unspecified atom stereocenters. The molecular weight excluding hydrogens is 290 g/mol. The highest BCUT2D eigenvalue weighted by molar-refractivity contribution is 5.84. The second kappa shape index (κ2) is 7.29. The van der Waals surface area contributed by atoms with Gasteiger partial charge in [0, 0.05) is 5.69 Å². The predicted molar refractivity (Wildman–Crippen MR) is 89.2 cm³/mol. The molecule has 3 rings (SSSR count). The molecule has 4 heteroatoms. The van der Waals surface area contributed by atoms with E-state index in [1.807, 2.05) is 48.5 Å². The van der Waals surface area contributed by atoms with Crippen molar-refractivity contribution in [2.24, 2.45) is 0 Å². The number of rotatable bonds is 3. The number of amides is 1. The largest absolute Gasteiger partial charge is 0.444 e. The summed E-state index contributed by atoms with van der Waals surface area (Å²) in [6.45, 7) is 0.236. The fourth-order valence-corrected chi connectivity index (χ4v) is 2.90. The smallest absolute Gasteiger partial charge is 0.411 e. The molecule has 1 aliphatic rings. The van der Waals surface area contributed by atoms with Crippen molar-refractivity contribution in [1.82, 2.24) is 0 Å². The summed E-state index contributed by atoms with van der Waals surface area (Å²) in [5.74, 6) is 0. The van der Waals surface area contributed by atoms with E-state index in [9.17, 15) is 9.90 Å². The Morgan fingerprint density at radius 1 is 1.17 bits per heavy atom. The maximum Gasteiger partial charge on any atom is 0.411 e. The maximum atomic E-state index is 11.9. The number of fused-ring (bicyclic) bond motifs is 1. The lowest BCUT2D eigenvalue weighted by Crippen LogP contribution is -2.14. The Morgan fingerprint density at radius 2 is 2.00 bits per heavy atom. The van der Waals surface area contributed by atoms with E-state index in [1.54, 1.807) is 0 Å². The van der Waals surface area contributed by atoms with Crippen LogP contribution in [0.25, 0.3) is 0 Å². The summed E-state index contributed by atoms with van der Waals surface area (Å²) in [7, 11) is 0. The number of nitrogens with one attached hydrogen (secondary N) is 1.